The Morgan fingerprint density at radius 2 is 2.38 bits per heavy atom. The second-order valence-corrected chi connectivity index (χ2v) is 2.63. The summed E-state index contributed by atoms with van der Waals surface area (Å²) >= 11 is 0. The molecular weight excluding hydrogens is 121 g/mol. The van der Waals surface area contributed by atoms with Crippen LogP contribution in [0.25, 0.3) is 0 Å². The van der Waals surface area contributed by atoms with Crippen molar-refractivity contribution in [3.8, 4) is 0 Å². The summed E-state index contributed by atoms with van der Waals surface area (Å²) in [5.41, 5.74) is 0. The molecule has 48 valence electrons. The van der Waals surface area contributed by atoms with Crippen LogP contribution in [0.2, 0.25) is 0 Å². The van der Waals surface area contributed by atoms with Crippen molar-refractivity contribution in [3.63, 3.8) is 0 Å². The lowest BCUT2D eigenvalue weighted by atomic mass is 10.5. The minimum absolute atomic E-state index is 0.333. The fraction of sp³-hybridized carbons (Fsp3) is 1.00. The van der Waals surface area contributed by atoms with E-state index in [9.17, 15) is 0 Å². The van der Waals surface area contributed by atoms with Gasteiger partial charge in [0.1, 0.15) is 12.1 Å². The van der Waals surface area contributed by atoms with E-state index in [1.165, 1.54) is 6.42 Å². The van der Waals surface area contributed by atoms with Crippen LogP contribution in [0.3, 0.4) is 0 Å². The Morgan fingerprint density at radius 1 is 1.75 bits per heavy atom. The van der Waals surface area contributed by atoms with Gasteiger partial charge in [0.25, 0.3) is 0 Å². The second kappa shape index (κ2) is 2.77. The molecule has 3 heteroatoms. The molecule has 0 aromatic carbocycles. The molecule has 0 radical (unpaired) electrons. The molecule has 3 atom stereocenters. The van der Waals surface area contributed by atoms with Gasteiger partial charge in [-0.2, -0.15) is 0 Å². The van der Waals surface area contributed by atoms with Crippen molar-refractivity contribution in [1.82, 2.24) is 5.32 Å². The molecule has 1 N–H and O–H groups in total. The summed E-state index contributed by atoms with van der Waals surface area (Å²) in [5.74, 6) is 0.376. The molecule has 1 rings (SSSR count). The lowest BCUT2D eigenvalue weighted by molar-refractivity contribution is 0.364. The van der Waals surface area contributed by atoms with Crippen molar-refractivity contribution < 1.29 is 4.74 Å². The molecule has 0 spiro atoms. The highest BCUT2D eigenvalue weighted by Gasteiger charge is 2.33. The SMILES string of the molecule is CCCNC1OC1P. The van der Waals surface area contributed by atoms with Crippen LogP contribution >= 0.6 is 9.24 Å². The zero-order chi connectivity index (χ0) is 5.98. The molecule has 0 aromatic rings. The van der Waals surface area contributed by atoms with Crippen LogP contribution in [0.5, 0.6) is 0 Å². The molecular formula is C5H12NOP. The third kappa shape index (κ3) is 1.70. The zero-order valence-corrected chi connectivity index (χ0v) is 6.21. The Balaban J connectivity index is 1.89. The van der Waals surface area contributed by atoms with Crippen LogP contribution < -0.4 is 5.32 Å². The predicted molar refractivity (Wildman–Crippen MR) is 36.7 cm³/mol. The molecule has 1 aliphatic heterocycles. The highest BCUT2D eigenvalue weighted by Crippen LogP contribution is 2.24. The molecule has 1 heterocycles. The van der Waals surface area contributed by atoms with Gasteiger partial charge in [0.05, 0.1) is 0 Å². The number of ether oxygens (including phenoxy) is 1. The van der Waals surface area contributed by atoms with E-state index in [-0.39, 0.29) is 0 Å². The first-order valence-corrected chi connectivity index (χ1v) is 3.65. The van der Waals surface area contributed by atoms with Gasteiger partial charge in [-0.1, -0.05) is 6.92 Å². The summed E-state index contributed by atoms with van der Waals surface area (Å²) < 4.78 is 5.07. The first kappa shape index (κ1) is 6.47. The number of hydrogen-bond donors (Lipinski definition) is 1. The fourth-order valence-electron chi connectivity index (χ4n) is 0.575. The maximum Gasteiger partial charge on any atom is 0.139 e. The Labute approximate surface area is 52.2 Å². The van der Waals surface area contributed by atoms with E-state index < -0.39 is 0 Å². The second-order valence-electron chi connectivity index (χ2n) is 1.98. The number of nitrogens with one attached hydrogen (secondary N) is 1. The maximum absolute atomic E-state index is 5.07. The van der Waals surface area contributed by atoms with Gasteiger partial charge in [0.15, 0.2) is 0 Å². The van der Waals surface area contributed by atoms with Crippen molar-refractivity contribution in [3.05, 3.63) is 0 Å². The molecule has 0 aliphatic carbocycles. The van der Waals surface area contributed by atoms with E-state index >= 15 is 0 Å². The van der Waals surface area contributed by atoms with Crippen molar-refractivity contribution in [2.45, 2.75) is 25.4 Å². The molecule has 3 unspecified atom stereocenters. The Hall–Kier alpha value is 0.350. The van der Waals surface area contributed by atoms with E-state index in [0.29, 0.717) is 12.1 Å². The van der Waals surface area contributed by atoms with Crippen molar-refractivity contribution in [2.75, 3.05) is 6.54 Å². The van der Waals surface area contributed by atoms with Crippen LogP contribution in [0.1, 0.15) is 13.3 Å². The number of epoxide rings is 1. The Morgan fingerprint density at radius 3 is 2.75 bits per heavy atom. The van der Waals surface area contributed by atoms with E-state index in [4.69, 9.17) is 4.74 Å². The minimum Gasteiger partial charge on any atom is -0.349 e. The van der Waals surface area contributed by atoms with Gasteiger partial charge >= 0.3 is 0 Å². The lowest BCUT2D eigenvalue weighted by Gasteiger charge is -1.92. The Bertz CT molecular complexity index is 78.8. The Kier molecular flexibility index (Phi) is 2.24. The van der Waals surface area contributed by atoms with Gasteiger partial charge < -0.3 is 4.74 Å². The summed E-state index contributed by atoms with van der Waals surface area (Å²) in [4.78, 5) is 0. The van der Waals surface area contributed by atoms with E-state index in [2.05, 4.69) is 21.5 Å². The molecule has 1 saturated heterocycles. The summed E-state index contributed by atoms with van der Waals surface area (Å²) in [5, 5.41) is 3.21. The van der Waals surface area contributed by atoms with Crippen LogP contribution in [-0.4, -0.2) is 18.6 Å². The average molecular weight is 133 g/mol. The summed E-state index contributed by atoms with van der Waals surface area (Å²) in [7, 11) is 2.62. The average Bonchev–Trinajstić information content (AvgIpc) is 2.42. The normalized spacial score (nSPS) is 35.2. The van der Waals surface area contributed by atoms with Crippen LogP contribution in [0, 0.1) is 0 Å². The molecule has 0 aromatic heterocycles. The highest BCUT2D eigenvalue weighted by atomic mass is 31.0. The standard InChI is InChI=1S/C5H12NOP/c1-2-3-6-4-5(8)7-4/h4-6H,2-3,8H2,1H3. The lowest BCUT2D eigenvalue weighted by Crippen LogP contribution is -2.18. The van der Waals surface area contributed by atoms with Gasteiger partial charge in [0.2, 0.25) is 0 Å². The molecule has 8 heavy (non-hydrogen) atoms. The first-order chi connectivity index (χ1) is 3.84. The third-order valence-corrected chi connectivity index (χ3v) is 1.63. The predicted octanol–water partition coefficient (Wildman–Crippen LogP) is 0.543. The van der Waals surface area contributed by atoms with Crippen LogP contribution in [0.15, 0.2) is 0 Å². The minimum atomic E-state index is 0.333. The van der Waals surface area contributed by atoms with E-state index in [0.717, 1.165) is 6.54 Å². The summed E-state index contributed by atoms with van der Waals surface area (Å²) in [6.07, 6.45) is 1.51. The molecule has 2 nitrogen and oxygen atoms in total. The maximum atomic E-state index is 5.07. The van der Waals surface area contributed by atoms with Crippen molar-refractivity contribution in [2.24, 2.45) is 0 Å². The largest absolute Gasteiger partial charge is 0.349 e. The molecule has 0 bridgehead atoms. The number of hydrogen-bond acceptors (Lipinski definition) is 2. The molecule has 0 amide bonds. The van der Waals surface area contributed by atoms with Gasteiger partial charge in [-0.3, -0.25) is 5.32 Å². The van der Waals surface area contributed by atoms with Crippen molar-refractivity contribution >= 4 is 9.24 Å². The fourth-order valence-corrected chi connectivity index (χ4v) is 0.880. The topological polar surface area (TPSA) is 24.6 Å². The monoisotopic (exact) mass is 133 g/mol. The van der Waals surface area contributed by atoms with Gasteiger partial charge in [0, 0.05) is 0 Å². The highest BCUT2D eigenvalue weighted by molar-refractivity contribution is 7.17. The van der Waals surface area contributed by atoms with Gasteiger partial charge in [-0.05, 0) is 13.0 Å². The zero-order valence-electron chi connectivity index (χ0n) is 5.05. The van der Waals surface area contributed by atoms with Crippen molar-refractivity contribution in [1.29, 1.82) is 0 Å². The van der Waals surface area contributed by atoms with Gasteiger partial charge in [-0.25, -0.2) is 0 Å². The number of rotatable bonds is 3. The molecule has 1 fully saturated rings. The smallest absolute Gasteiger partial charge is 0.139 e. The molecule has 0 saturated carbocycles. The quantitative estimate of drug-likeness (QED) is 0.449. The van der Waals surface area contributed by atoms with E-state index in [1.807, 2.05) is 0 Å². The first-order valence-electron chi connectivity index (χ1n) is 2.99. The summed E-state index contributed by atoms with van der Waals surface area (Å²) in [6, 6.07) is 0. The summed E-state index contributed by atoms with van der Waals surface area (Å²) in [6.45, 7) is 3.21. The van der Waals surface area contributed by atoms with Crippen LogP contribution in [0.4, 0.5) is 0 Å². The molecule has 1 aliphatic rings. The van der Waals surface area contributed by atoms with Crippen LogP contribution in [-0.2, 0) is 4.74 Å². The third-order valence-electron chi connectivity index (χ3n) is 1.12. The van der Waals surface area contributed by atoms with E-state index in [1.54, 1.807) is 0 Å². The van der Waals surface area contributed by atoms with Gasteiger partial charge in [-0.15, -0.1) is 9.24 Å².